The molecule has 0 aliphatic rings. The zero-order chi connectivity index (χ0) is 10.8. The van der Waals surface area contributed by atoms with Crippen molar-refractivity contribution in [3.8, 4) is 0 Å². The summed E-state index contributed by atoms with van der Waals surface area (Å²) >= 11 is 0. The molecule has 0 aromatic carbocycles. The quantitative estimate of drug-likeness (QED) is 0.506. The smallest absolute Gasteiger partial charge is 0.169 e. The highest BCUT2D eigenvalue weighted by molar-refractivity contribution is 7.77. The molecule has 0 heterocycles. The molecule has 0 aliphatic heterocycles. The van der Waals surface area contributed by atoms with E-state index in [1.807, 2.05) is 0 Å². The molecule has 0 saturated carbocycles. The number of aliphatic hydroxyl groups is 4. The van der Waals surface area contributed by atoms with Gasteiger partial charge in [-0.1, -0.05) is 0 Å². The van der Waals surface area contributed by atoms with Gasteiger partial charge in [0.25, 0.3) is 0 Å². The highest BCUT2D eigenvalue weighted by Crippen LogP contribution is 2.70. The topological polar surface area (TPSA) is 80.9 Å². The zero-order valence-corrected chi connectivity index (χ0v) is 9.44. The van der Waals surface area contributed by atoms with Crippen LogP contribution in [0.3, 0.4) is 0 Å². The minimum atomic E-state index is -2.56. The van der Waals surface area contributed by atoms with Gasteiger partial charge in [-0.15, -0.1) is 0 Å². The van der Waals surface area contributed by atoms with Crippen LogP contribution in [0.25, 0.3) is 0 Å². The first-order chi connectivity index (χ1) is 5.77. The van der Waals surface area contributed by atoms with Crippen LogP contribution in [0, 0.1) is 0 Å². The Hall–Kier alpha value is 0.270. The van der Waals surface area contributed by atoms with E-state index in [1.165, 1.54) is 27.7 Å². The normalized spacial score (nSPS) is 22.2. The lowest BCUT2D eigenvalue weighted by Gasteiger charge is -2.36. The van der Waals surface area contributed by atoms with E-state index in [-0.39, 0.29) is 0 Å². The molecule has 4 atom stereocenters. The Morgan fingerprint density at radius 2 is 0.769 bits per heavy atom. The third kappa shape index (κ3) is 2.20. The molecule has 80 valence electrons. The van der Waals surface area contributed by atoms with Gasteiger partial charge in [0.05, 0.1) is 0 Å². The molecule has 0 saturated heterocycles. The van der Waals surface area contributed by atoms with Gasteiger partial charge in [-0.2, -0.15) is 0 Å². The van der Waals surface area contributed by atoms with Crippen LogP contribution in [0.15, 0.2) is 0 Å². The third-order valence-electron chi connectivity index (χ3n) is 2.59. The fourth-order valence-electron chi connectivity index (χ4n) is 1.87. The zero-order valence-electron chi connectivity index (χ0n) is 8.55. The average molecular weight is 211 g/mol. The van der Waals surface area contributed by atoms with E-state index < -0.39 is 30.6 Å². The summed E-state index contributed by atoms with van der Waals surface area (Å²) in [5.74, 6) is -3.47. The molecule has 0 spiro atoms. The van der Waals surface area contributed by atoms with Crippen LogP contribution in [-0.4, -0.2) is 43.8 Å². The van der Waals surface area contributed by atoms with Crippen LogP contribution < -0.4 is 0 Å². The Labute approximate surface area is 79.6 Å². The average Bonchev–Trinajstić information content (AvgIpc) is 1.82. The molecule has 0 aliphatic carbocycles. The van der Waals surface area contributed by atoms with Crippen molar-refractivity contribution >= 4 is 7.26 Å². The van der Waals surface area contributed by atoms with Crippen molar-refractivity contribution in [2.45, 2.75) is 51.1 Å². The molecule has 0 aromatic rings. The molecule has 0 fully saturated rings. The number of hydrogen-bond acceptors (Lipinski definition) is 4. The minimum absolute atomic E-state index is 0.868. The lowest BCUT2D eigenvalue weighted by Crippen LogP contribution is -2.34. The molecule has 13 heavy (non-hydrogen) atoms. The highest BCUT2D eigenvalue weighted by Gasteiger charge is 2.56. The summed E-state index contributed by atoms with van der Waals surface area (Å²) in [5, 5.41) is 38.2. The molecular formula is C8H20O4P+. The summed E-state index contributed by atoms with van der Waals surface area (Å²) in [7, 11) is -2.56. The van der Waals surface area contributed by atoms with Gasteiger partial charge in [0, 0.05) is 0 Å². The van der Waals surface area contributed by atoms with Crippen LogP contribution in [-0.2, 0) is 0 Å². The van der Waals surface area contributed by atoms with Gasteiger partial charge in [-0.05, 0) is 27.7 Å². The van der Waals surface area contributed by atoms with Crippen molar-refractivity contribution in [2.75, 3.05) is 0 Å². The van der Waals surface area contributed by atoms with E-state index in [1.54, 1.807) is 0 Å². The fourth-order valence-corrected chi connectivity index (χ4v) is 5.62. The van der Waals surface area contributed by atoms with Crippen molar-refractivity contribution in [1.82, 2.24) is 0 Å². The van der Waals surface area contributed by atoms with E-state index in [0.29, 0.717) is 0 Å². The van der Waals surface area contributed by atoms with Crippen LogP contribution in [0.5, 0.6) is 0 Å². The molecule has 0 unspecified atom stereocenters. The molecule has 0 bridgehead atoms. The van der Waals surface area contributed by atoms with Crippen molar-refractivity contribution in [3.63, 3.8) is 0 Å². The summed E-state index contributed by atoms with van der Waals surface area (Å²) in [6, 6.07) is 0. The first-order valence-electron chi connectivity index (χ1n) is 4.37. The standard InChI is InChI=1S/C8H20O4P/c1-5(9)13(6(2)10,7(3)11)8(4)12/h5-12H,1-4H3/q+1/t5-,6-,7-,8+/m0/s1. The molecule has 5 heteroatoms. The Balaban J connectivity index is 5.06. The lowest BCUT2D eigenvalue weighted by atomic mass is 10.8. The van der Waals surface area contributed by atoms with E-state index in [0.717, 1.165) is 0 Å². The summed E-state index contributed by atoms with van der Waals surface area (Å²) in [5.41, 5.74) is 0. The molecule has 0 rings (SSSR count). The summed E-state index contributed by atoms with van der Waals surface area (Å²) in [6.07, 6.45) is 0. The summed E-state index contributed by atoms with van der Waals surface area (Å²) in [6.45, 7) is 6.00. The minimum Gasteiger partial charge on any atom is -0.359 e. The predicted octanol–water partition coefficient (Wildman–Crippen LogP) is 0.357. The first-order valence-corrected chi connectivity index (χ1v) is 6.44. The predicted molar refractivity (Wildman–Crippen MR) is 53.6 cm³/mol. The van der Waals surface area contributed by atoms with E-state index in [9.17, 15) is 20.4 Å². The highest BCUT2D eigenvalue weighted by atomic mass is 31.2. The van der Waals surface area contributed by atoms with Gasteiger partial charge >= 0.3 is 0 Å². The maximum atomic E-state index is 9.54. The second kappa shape index (κ2) is 4.67. The fraction of sp³-hybridized carbons (Fsp3) is 1.00. The van der Waals surface area contributed by atoms with E-state index in [2.05, 4.69) is 0 Å². The Bertz CT molecular complexity index is 119. The Kier molecular flexibility index (Phi) is 4.77. The van der Waals surface area contributed by atoms with E-state index in [4.69, 9.17) is 0 Å². The number of aliphatic hydroxyl groups excluding tert-OH is 4. The van der Waals surface area contributed by atoms with Crippen molar-refractivity contribution in [1.29, 1.82) is 0 Å². The monoisotopic (exact) mass is 211 g/mol. The van der Waals surface area contributed by atoms with E-state index >= 15 is 0 Å². The molecule has 0 amide bonds. The SMILES string of the molecule is C[C@H](O)[P+]([C@@H](C)O)([C@@H](C)O)[C@@H](C)O. The maximum Gasteiger partial charge on any atom is 0.169 e. The van der Waals surface area contributed by atoms with Gasteiger partial charge < -0.3 is 20.4 Å². The molecule has 4 nitrogen and oxygen atoms in total. The van der Waals surface area contributed by atoms with Gasteiger partial charge in [0.15, 0.2) is 23.4 Å². The Morgan fingerprint density at radius 3 is 0.769 bits per heavy atom. The van der Waals surface area contributed by atoms with Gasteiger partial charge in [0.1, 0.15) is 7.26 Å². The van der Waals surface area contributed by atoms with Gasteiger partial charge in [-0.25, -0.2) is 0 Å². The van der Waals surface area contributed by atoms with Gasteiger partial charge in [0.2, 0.25) is 0 Å². The summed E-state index contributed by atoms with van der Waals surface area (Å²) in [4.78, 5) is 0. The van der Waals surface area contributed by atoms with Crippen molar-refractivity contribution in [3.05, 3.63) is 0 Å². The number of hydrogen-bond donors (Lipinski definition) is 4. The second-order valence-electron chi connectivity index (χ2n) is 3.42. The lowest BCUT2D eigenvalue weighted by molar-refractivity contribution is 0.175. The Morgan fingerprint density at radius 1 is 0.615 bits per heavy atom. The molecule has 0 radical (unpaired) electrons. The van der Waals surface area contributed by atoms with Crippen LogP contribution in [0.1, 0.15) is 27.7 Å². The van der Waals surface area contributed by atoms with Crippen LogP contribution in [0.2, 0.25) is 0 Å². The second-order valence-corrected chi connectivity index (χ2v) is 8.20. The van der Waals surface area contributed by atoms with Crippen LogP contribution in [0.4, 0.5) is 0 Å². The van der Waals surface area contributed by atoms with Crippen molar-refractivity contribution < 1.29 is 20.4 Å². The first kappa shape index (κ1) is 13.3. The maximum absolute atomic E-state index is 9.54. The third-order valence-corrected chi connectivity index (χ3v) is 7.77. The molecule has 0 aromatic heterocycles. The van der Waals surface area contributed by atoms with Crippen molar-refractivity contribution in [2.24, 2.45) is 0 Å². The largest absolute Gasteiger partial charge is 0.359 e. The number of rotatable bonds is 4. The van der Waals surface area contributed by atoms with Gasteiger partial charge in [-0.3, -0.25) is 0 Å². The summed E-state index contributed by atoms with van der Waals surface area (Å²) < 4.78 is 0. The molecule has 4 N–H and O–H groups in total. The molecular weight excluding hydrogens is 191 g/mol. The van der Waals surface area contributed by atoms with Crippen LogP contribution >= 0.6 is 7.26 Å².